The first-order valence-corrected chi connectivity index (χ1v) is 21.7. The van der Waals surface area contributed by atoms with Gasteiger partial charge in [-0.1, -0.05) is 152 Å². The molecule has 0 radical (unpaired) electrons. The molecule has 0 amide bonds. The van der Waals surface area contributed by atoms with E-state index in [1.165, 1.54) is 116 Å². The van der Waals surface area contributed by atoms with Gasteiger partial charge in [0.25, 0.3) is 0 Å². The molecule has 0 saturated carbocycles. The highest BCUT2D eigenvalue weighted by Crippen LogP contribution is 2.51. The summed E-state index contributed by atoms with van der Waals surface area (Å²) in [6.07, 6.45) is 0. The van der Waals surface area contributed by atoms with E-state index in [9.17, 15) is 0 Å². The van der Waals surface area contributed by atoms with Gasteiger partial charge in [0.15, 0.2) is 0 Å². The van der Waals surface area contributed by atoms with E-state index in [0.717, 1.165) is 28.4 Å². The lowest BCUT2D eigenvalue weighted by molar-refractivity contribution is 0.487. The number of anilines is 3. The van der Waals surface area contributed by atoms with Crippen molar-refractivity contribution in [3.8, 4) is 22.6 Å². The van der Waals surface area contributed by atoms with E-state index in [2.05, 4.69) is 208 Å². The maximum Gasteiger partial charge on any atom is 0.243 e. The molecule has 61 heavy (non-hydrogen) atoms. The molecule has 1 aliphatic rings. The number of fused-ring (bicyclic) bond motifs is 6. The van der Waals surface area contributed by atoms with Crippen LogP contribution in [0.4, 0.5) is 17.1 Å². The minimum atomic E-state index is 0.0500. The van der Waals surface area contributed by atoms with Crippen LogP contribution in [0, 0.1) is 69.2 Å². The van der Waals surface area contributed by atoms with Crippen molar-refractivity contribution in [2.24, 2.45) is 0 Å². The lowest BCUT2D eigenvalue weighted by atomic mass is 9.33. The van der Waals surface area contributed by atoms with Crippen LogP contribution in [0.25, 0.3) is 43.4 Å². The van der Waals surface area contributed by atoms with Gasteiger partial charge in [0.05, 0.1) is 5.69 Å². The lowest BCUT2D eigenvalue weighted by Gasteiger charge is -2.31. The predicted octanol–water partition coefficient (Wildman–Crippen LogP) is 14.0. The summed E-state index contributed by atoms with van der Waals surface area (Å²) >= 11 is 0. The van der Waals surface area contributed by atoms with E-state index in [4.69, 9.17) is 4.74 Å². The summed E-state index contributed by atoms with van der Waals surface area (Å²) in [5, 5.41) is 7.46. The second-order valence-electron chi connectivity index (χ2n) is 18.0. The van der Waals surface area contributed by atoms with Crippen LogP contribution < -0.4 is 26.0 Å². The minimum Gasteiger partial charge on any atom is -0.456 e. The Morgan fingerprint density at radius 1 is 0.377 bits per heavy atom. The number of aryl methyl sites for hydroxylation is 10. The molecule has 3 heteroatoms. The molecule has 1 heterocycles. The van der Waals surface area contributed by atoms with Crippen molar-refractivity contribution in [3.63, 3.8) is 0 Å². The molecular formula is C58H52BNO. The van der Waals surface area contributed by atoms with Crippen LogP contribution >= 0.6 is 0 Å². The van der Waals surface area contributed by atoms with E-state index in [0.29, 0.717) is 0 Å². The van der Waals surface area contributed by atoms with Gasteiger partial charge < -0.3 is 9.64 Å². The highest BCUT2D eigenvalue weighted by Gasteiger charge is 2.32. The molecule has 0 fully saturated rings. The zero-order valence-corrected chi connectivity index (χ0v) is 37.1. The van der Waals surface area contributed by atoms with Crippen LogP contribution in [0.3, 0.4) is 0 Å². The fraction of sp³-hybridized carbons (Fsp3) is 0.172. The van der Waals surface area contributed by atoms with Crippen LogP contribution in [0.5, 0.6) is 11.5 Å². The largest absolute Gasteiger partial charge is 0.456 e. The van der Waals surface area contributed by atoms with Crippen LogP contribution in [0.15, 0.2) is 133 Å². The summed E-state index contributed by atoms with van der Waals surface area (Å²) in [6.45, 7) is 22.4. The fourth-order valence-electron chi connectivity index (χ4n) is 11.0. The quantitative estimate of drug-likeness (QED) is 0.123. The van der Waals surface area contributed by atoms with Gasteiger partial charge in [-0.15, -0.1) is 0 Å². The van der Waals surface area contributed by atoms with Crippen LogP contribution in [-0.4, -0.2) is 6.71 Å². The van der Waals surface area contributed by atoms with Crippen molar-refractivity contribution < 1.29 is 4.74 Å². The van der Waals surface area contributed by atoms with E-state index in [-0.39, 0.29) is 6.71 Å². The van der Waals surface area contributed by atoms with Gasteiger partial charge in [-0.05, 0) is 149 Å². The second-order valence-corrected chi connectivity index (χ2v) is 18.0. The minimum absolute atomic E-state index is 0.0500. The van der Waals surface area contributed by atoms with Gasteiger partial charge in [-0.2, -0.15) is 0 Å². The third kappa shape index (κ3) is 6.33. The fourth-order valence-corrected chi connectivity index (χ4v) is 11.0. The first-order valence-electron chi connectivity index (χ1n) is 21.7. The number of ether oxygens (including phenoxy) is 1. The van der Waals surface area contributed by atoms with Crippen LogP contribution in [-0.2, 0) is 0 Å². The molecular weight excluding hydrogens is 737 g/mol. The van der Waals surface area contributed by atoms with Gasteiger partial charge >= 0.3 is 0 Å². The molecule has 0 atom stereocenters. The summed E-state index contributed by atoms with van der Waals surface area (Å²) < 4.78 is 7.02. The molecule has 0 unspecified atom stereocenters. The molecule has 0 bridgehead atoms. The zero-order valence-electron chi connectivity index (χ0n) is 37.1. The van der Waals surface area contributed by atoms with Gasteiger partial charge in [-0.3, -0.25) is 0 Å². The molecule has 0 saturated heterocycles. The summed E-state index contributed by atoms with van der Waals surface area (Å²) in [5.41, 5.74) is 22.8. The molecule has 9 aromatic rings. The molecule has 0 spiro atoms. The average molecular weight is 790 g/mol. The van der Waals surface area contributed by atoms with Crippen molar-refractivity contribution in [2.45, 2.75) is 69.2 Å². The van der Waals surface area contributed by atoms with Crippen molar-refractivity contribution in [1.29, 1.82) is 0 Å². The summed E-state index contributed by atoms with van der Waals surface area (Å²) in [6, 6.07) is 50.3. The summed E-state index contributed by atoms with van der Waals surface area (Å²) in [7, 11) is 0. The Labute approximate surface area is 361 Å². The lowest BCUT2D eigenvalue weighted by Crippen LogP contribution is -2.56. The highest BCUT2D eigenvalue weighted by atomic mass is 16.5. The van der Waals surface area contributed by atoms with Crippen LogP contribution in [0.1, 0.15) is 55.6 Å². The van der Waals surface area contributed by atoms with Crippen molar-refractivity contribution in [2.75, 3.05) is 4.90 Å². The van der Waals surface area contributed by atoms with E-state index in [1.807, 2.05) is 0 Å². The highest BCUT2D eigenvalue weighted by molar-refractivity contribution is 6.98. The smallest absolute Gasteiger partial charge is 0.243 e. The van der Waals surface area contributed by atoms with E-state index >= 15 is 0 Å². The topological polar surface area (TPSA) is 12.5 Å². The molecule has 10 rings (SSSR count). The number of nitrogens with zero attached hydrogens (tertiary/aromatic N) is 1. The third-order valence-corrected chi connectivity index (χ3v) is 13.2. The van der Waals surface area contributed by atoms with Crippen molar-refractivity contribution in [1.82, 2.24) is 0 Å². The Morgan fingerprint density at radius 2 is 0.902 bits per heavy atom. The Balaban J connectivity index is 1.22. The molecule has 298 valence electrons. The van der Waals surface area contributed by atoms with E-state index in [1.54, 1.807) is 0 Å². The average Bonchev–Trinajstić information content (AvgIpc) is 3.21. The Morgan fingerprint density at radius 3 is 1.51 bits per heavy atom. The second kappa shape index (κ2) is 14.6. The number of hydrogen-bond acceptors (Lipinski definition) is 2. The summed E-state index contributed by atoms with van der Waals surface area (Å²) in [5.74, 6) is 1.76. The first kappa shape index (κ1) is 38.6. The van der Waals surface area contributed by atoms with Crippen LogP contribution in [0.2, 0.25) is 0 Å². The molecule has 2 nitrogen and oxygen atoms in total. The normalized spacial score (nSPS) is 11.9. The maximum absolute atomic E-state index is 7.02. The zero-order chi connectivity index (χ0) is 42.4. The standard InChI is InChI=1S/C58H52BNO/c1-33-18-20-43(21-19-33)60(58-41(9)28-36(4)29-42(58)10)44-22-23-47-51-31-49-45-14-11-12-15-46(45)52(32-50(49)48-16-13-17-53(55(48)51)61-54(47)30-44)59(56-37(5)24-34(2)25-38(56)6)57-39(7)26-35(3)27-40(57)8/h11-32H,1-10H3. The Hall–Kier alpha value is -6.58. The first-order chi connectivity index (χ1) is 29.4. The summed E-state index contributed by atoms with van der Waals surface area (Å²) in [4.78, 5) is 2.39. The molecule has 1 aliphatic heterocycles. The van der Waals surface area contributed by atoms with Gasteiger partial charge in [0, 0.05) is 28.4 Å². The monoisotopic (exact) mass is 789 g/mol. The van der Waals surface area contributed by atoms with Crippen molar-refractivity contribution in [3.05, 3.63) is 189 Å². The van der Waals surface area contributed by atoms with Gasteiger partial charge in [0.1, 0.15) is 11.5 Å². The number of hydrogen-bond donors (Lipinski definition) is 0. The van der Waals surface area contributed by atoms with Gasteiger partial charge in [-0.25, -0.2) is 0 Å². The van der Waals surface area contributed by atoms with Crippen molar-refractivity contribution >= 4 is 72.5 Å². The molecule has 0 N–H and O–H groups in total. The number of rotatable bonds is 6. The Bertz CT molecular complexity index is 3160. The Kier molecular flexibility index (Phi) is 9.22. The molecule has 9 aromatic carbocycles. The SMILES string of the molecule is Cc1ccc(N(c2ccc3c(c2)Oc2cccc4c2c-3cc2c3ccccc3c(B(c3c(C)cc(C)cc3C)c3c(C)cc(C)cc3C)cc42)c2c(C)cc(C)cc2C)cc1. The molecule has 0 aromatic heterocycles. The molecule has 0 aliphatic carbocycles. The van der Waals surface area contributed by atoms with E-state index < -0.39 is 0 Å². The predicted molar refractivity (Wildman–Crippen MR) is 264 cm³/mol. The number of benzene rings is 9. The maximum atomic E-state index is 7.02. The third-order valence-electron chi connectivity index (χ3n) is 13.2. The van der Waals surface area contributed by atoms with Gasteiger partial charge in [0.2, 0.25) is 6.71 Å².